The molecule has 0 fully saturated rings. The maximum atomic E-state index is 12.3. The van der Waals surface area contributed by atoms with Gasteiger partial charge in [0.25, 0.3) is 0 Å². The van der Waals surface area contributed by atoms with E-state index in [4.69, 9.17) is 9.52 Å². The molecular formula is C27H24NO8+. The number of aromatic hydroxyl groups is 1. The summed E-state index contributed by atoms with van der Waals surface area (Å²) in [4.78, 5) is 37.6. The highest BCUT2D eigenvalue weighted by molar-refractivity contribution is 6.08. The summed E-state index contributed by atoms with van der Waals surface area (Å²) >= 11 is 0. The second-order valence-electron chi connectivity index (χ2n) is 8.36. The largest absolute Gasteiger partial charge is 0.508 e. The molecule has 2 aliphatic rings. The van der Waals surface area contributed by atoms with Crippen LogP contribution in [0, 0.1) is 0 Å². The maximum absolute atomic E-state index is 12.3. The number of aliphatic carboxylic acids is 1. The SMILES string of the molecule is O=C(O)CCCCC[NH+]=C(O)c1ccc(-c2c3ccc(=O)cc-3oc3cc(O)ccc23)c(C(=O)O)c1. The van der Waals surface area contributed by atoms with Crippen LogP contribution in [0.1, 0.15) is 41.6 Å². The zero-order valence-corrected chi connectivity index (χ0v) is 19.2. The molecule has 4 rings (SSSR count). The number of benzene rings is 3. The first kappa shape index (κ1) is 24.5. The van der Waals surface area contributed by atoms with Crippen molar-refractivity contribution in [2.24, 2.45) is 0 Å². The summed E-state index contributed by atoms with van der Waals surface area (Å²) in [5, 5.41) is 39.6. The number of unbranched alkanes of at least 4 members (excludes halogenated alkanes) is 2. The van der Waals surface area contributed by atoms with Crippen LogP contribution in [-0.2, 0) is 4.79 Å². The highest BCUT2D eigenvalue weighted by Crippen LogP contribution is 2.42. The molecule has 9 nitrogen and oxygen atoms in total. The van der Waals surface area contributed by atoms with Gasteiger partial charge in [-0.15, -0.1) is 0 Å². The van der Waals surface area contributed by atoms with Gasteiger partial charge in [0.15, 0.2) is 5.43 Å². The van der Waals surface area contributed by atoms with E-state index in [1.54, 1.807) is 24.3 Å². The minimum absolute atomic E-state index is 0.0443. The van der Waals surface area contributed by atoms with E-state index in [1.807, 2.05) is 0 Å². The predicted octanol–water partition coefficient (Wildman–Crippen LogP) is 3.00. The van der Waals surface area contributed by atoms with Crippen molar-refractivity contribution in [1.82, 2.24) is 0 Å². The molecule has 0 spiro atoms. The number of phenols is 1. The second-order valence-corrected chi connectivity index (χ2v) is 8.36. The number of aliphatic hydroxyl groups excluding tert-OH is 1. The molecule has 0 saturated heterocycles. The number of carbonyl (C=O) groups is 2. The van der Waals surface area contributed by atoms with Crippen LogP contribution in [0.3, 0.4) is 0 Å². The molecule has 0 bridgehead atoms. The number of hydrogen-bond donors (Lipinski definition) is 5. The van der Waals surface area contributed by atoms with E-state index in [1.165, 1.54) is 30.3 Å². The van der Waals surface area contributed by atoms with Gasteiger partial charge in [-0.3, -0.25) is 9.59 Å². The molecule has 2 aromatic rings. The Balaban J connectivity index is 1.76. The standard InChI is InChI=1S/C27H23NO8/c29-16-6-9-19-22(13-16)36-23-14-17(30)7-10-20(23)25(19)18-8-5-15(12-21(18)27(34)35)26(33)28-11-3-1-2-4-24(31)32/h5-10,12-14,29H,1-4,11H2,(H,28,33)(H,31,32)(H,34,35)/p+1. The van der Waals surface area contributed by atoms with E-state index < -0.39 is 11.9 Å². The molecule has 5 N–H and O–H groups in total. The number of aromatic carboxylic acids is 1. The molecule has 184 valence electrons. The Hall–Kier alpha value is -4.66. The molecule has 1 aliphatic carbocycles. The Morgan fingerprint density at radius 3 is 2.39 bits per heavy atom. The van der Waals surface area contributed by atoms with Crippen LogP contribution in [0.25, 0.3) is 33.4 Å². The summed E-state index contributed by atoms with van der Waals surface area (Å²) in [6.45, 7) is 0.395. The Bertz CT molecular complexity index is 1520. The number of carboxylic acids is 2. The normalized spacial score (nSPS) is 11.7. The average molecular weight is 490 g/mol. The Labute approximate surface area is 204 Å². The molecule has 0 amide bonds. The molecule has 1 heterocycles. The Kier molecular flexibility index (Phi) is 7.00. The van der Waals surface area contributed by atoms with Crippen LogP contribution in [0.4, 0.5) is 0 Å². The molecule has 9 heteroatoms. The molecule has 36 heavy (non-hydrogen) atoms. The number of hydrogen-bond acceptors (Lipinski definition) is 5. The van der Waals surface area contributed by atoms with Crippen molar-refractivity contribution in [3.63, 3.8) is 0 Å². The van der Waals surface area contributed by atoms with Crippen LogP contribution in [-0.4, -0.2) is 44.8 Å². The number of rotatable bonds is 9. The van der Waals surface area contributed by atoms with E-state index in [9.17, 15) is 29.7 Å². The minimum atomic E-state index is -1.21. The molecule has 0 saturated carbocycles. The maximum Gasteiger partial charge on any atom is 0.365 e. The average Bonchev–Trinajstić information content (AvgIpc) is 2.83. The summed E-state index contributed by atoms with van der Waals surface area (Å²) in [6, 6.07) is 13.2. The van der Waals surface area contributed by atoms with Gasteiger partial charge in [0, 0.05) is 41.5 Å². The van der Waals surface area contributed by atoms with Crippen molar-refractivity contribution in [1.29, 1.82) is 0 Å². The van der Waals surface area contributed by atoms with Gasteiger partial charge in [-0.2, -0.15) is 0 Å². The summed E-state index contributed by atoms with van der Waals surface area (Å²) in [6.07, 6.45) is 1.94. The molecule has 0 radical (unpaired) electrons. The molecule has 0 aromatic heterocycles. The lowest BCUT2D eigenvalue weighted by atomic mass is 9.90. The third kappa shape index (κ3) is 5.20. The topological polar surface area (TPSA) is 159 Å². The lowest BCUT2D eigenvalue weighted by Crippen LogP contribution is -2.73. The van der Waals surface area contributed by atoms with Crippen molar-refractivity contribution in [2.45, 2.75) is 25.7 Å². The van der Waals surface area contributed by atoms with E-state index in [-0.39, 0.29) is 46.0 Å². The van der Waals surface area contributed by atoms with Crippen LogP contribution >= 0.6 is 0 Å². The lowest BCUT2D eigenvalue weighted by molar-refractivity contribution is -0.466. The predicted molar refractivity (Wildman–Crippen MR) is 132 cm³/mol. The first-order valence-corrected chi connectivity index (χ1v) is 11.3. The van der Waals surface area contributed by atoms with Crippen LogP contribution in [0.15, 0.2) is 63.8 Å². The smallest absolute Gasteiger partial charge is 0.365 e. The van der Waals surface area contributed by atoms with Crippen LogP contribution in [0.5, 0.6) is 5.75 Å². The number of phenolic OH excluding ortho intramolecular Hbond substituents is 1. The first-order valence-electron chi connectivity index (χ1n) is 11.3. The van der Waals surface area contributed by atoms with Crippen LogP contribution < -0.4 is 10.4 Å². The summed E-state index contributed by atoms with van der Waals surface area (Å²) in [5.74, 6) is -2.06. The molecule has 0 unspecified atom stereocenters. The lowest BCUT2D eigenvalue weighted by Gasteiger charge is -2.17. The number of carboxylic acid groups (broad SMARTS) is 2. The van der Waals surface area contributed by atoms with Crippen molar-refractivity contribution < 1.29 is 39.4 Å². The van der Waals surface area contributed by atoms with Gasteiger partial charge in [0.2, 0.25) is 0 Å². The zero-order chi connectivity index (χ0) is 25.8. The fourth-order valence-electron chi connectivity index (χ4n) is 4.12. The van der Waals surface area contributed by atoms with Gasteiger partial charge in [0.05, 0.1) is 11.1 Å². The van der Waals surface area contributed by atoms with Gasteiger partial charge in [-0.05, 0) is 54.8 Å². The van der Waals surface area contributed by atoms with Gasteiger partial charge in [0.1, 0.15) is 23.6 Å². The van der Waals surface area contributed by atoms with Gasteiger partial charge in [-0.25, -0.2) is 9.79 Å². The van der Waals surface area contributed by atoms with Crippen LogP contribution in [0.2, 0.25) is 0 Å². The Morgan fingerprint density at radius 1 is 0.861 bits per heavy atom. The van der Waals surface area contributed by atoms with Crippen molar-refractivity contribution in [2.75, 3.05) is 6.54 Å². The van der Waals surface area contributed by atoms with Crippen molar-refractivity contribution in [3.8, 4) is 28.2 Å². The van der Waals surface area contributed by atoms with E-state index in [0.717, 1.165) is 0 Å². The second kappa shape index (κ2) is 10.3. The number of fused-ring (bicyclic) bond motifs is 2. The fourth-order valence-corrected chi connectivity index (χ4v) is 4.12. The third-order valence-corrected chi connectivity index (χ3v) is 5.83. The summed E-state index contributed by atoms with van der Waals surface area (Å²) in [7, 11) is 0. The van der Waals surface area contributed by atoms with Gasteiger partial charge in [-0.1, -0.05) is 6.07 Å². The van der Waals surface area contributed by atoms with E-state index in [2.05, 4.69) is 4.99 Å². The molecular weight excluding hydrogens is 466 g/mol. The number of nitrogens with one attached hydrogen (secondary N) is 1. The minimum Gasteiger partial charge on any atom is -0.508 e. The molecule has 2 aromatic carbocycles. The summed E-state index contributed by atoms with van der Waals surface area (Å²) < 4.78 is 5.82. The first-order chi connectivity index (χ1) is 17.2. The molecule has 0 atom stereocenters. The third-order valence-electron chi connectivity index (χ3n) is 5.83. The van der Waals surface area contributed by atoms with Gasteiger partial charge >= 0.3 is 17.8 Å². The molecule has 1 aliphatic heterocycles. The Morgan fingerprint density at radius 2 is 1.64 bits per heavy atom. The van der Waals surface area contributed by atoms with Crippen molar-refractivity contribution in [3.05, 3.63) is 75.9 Å². The summed E-state index contributed by atoms with van der Waals surface area (Å²) in [5.41, 5.74) is 1.59. The van der Waals surface area contributed by atoms with Gasteiger partial charge < -0.3 is 24.8 Å². The van der Waals surface area contributed by atoms with Crippen molar-refractivity contribution >= 4 is 28.8 Å². The highest BCUT2D eigenvalue weighted by atomic mass is 16.4. The monoisotopic (exact) mass is 490 g/mol. The number of aliphatic hydroxyl groups is 1. The van der Waals surface area contributed by atoms with E-state index in [0.29, 0.717) is 47.9 Å². The van der Waals surface area contributed by atoms with E-state index >= 15 is 0 Å². The highest BCUT2D eigenvalue weighted by Gasteiger charge is 2.23. The zero-order valence-electron chi connectivity index (χ0n) is 19.2. The fraction of sp³-hybridized carbons (Fsp3) is 0.185. The quantitative estimate of drug-likeness (QED) is 0.104.